The van der Waals surface area contributed by atoms with Gasteiger partial charge in [-0.15, -0.1) is 0 Å². The summed E-state index contributed by atoms with van der Waals surface area (Å²) in [6, 6.07) is 1.24. The van der Waals surface area contributed by atoms with Gasteiger partial charge in [-0.1, -0.05) is 13.8 Å². The Balaban J connectivity index is 1.65. The van der Waals surface area contributed by atoms with Crippen molar-refractivity contribution in [3.8, 4) is 11.1 Å². The number of hydrogen-bond acceptors (Lipinski definition) is 6. The molecular formula is C41H49F6N3O5. The number of aromatic nitrogens is 1. The van der Waals surface area contributed by atoms with Crippen LogP contribution in [0, 0.1) is 43.1 Å². The Kier molecular flexibility index (Phi) is 13.2. The van der Waals surface area contributed by atoms with E-state index in [2.05, 4.69) is 5.32 Å². The lowest BCUT2D eigenvalue weighted by Gasteiger charge is -2.31. The van der Waals surface area contributed by atoms with E-state index in [1.54, 1.807) is 34.6 Å². The summed E-state index contributed by atoms with van der Waals surface area (Å²) in [5, 5.41) is 2.61. The summed E-state index contributed by atoms with van der Waals surface area (Å²) in [7, 11) is 1.51. The normalized spacial score (nSPS) is 18.2. The number of likely N-dealkylation sites (tertiary alicyclic amines) is 1. The molecule has 8 nitrogen and oxygen atoms in total. The molecule has 1 N–H and O–H groups in total. The first-order valence-electron chi connectivity index (χ1n) is 18.7. The molecule has 1 aliphatic carbocycles. The van der Waals surface area contributed by atoms with Gasteiger partial charge in [0.1, 0.15) is 23.5 Å². The van der Waals surface area contributed by atoms with E-state index in [9.17, 15) is 31.9 Å². The number of nitrogens with one attached hydrogen (secondary N) is 1. The van der Waals surface area contributed by atoms with Crippen LogP contribution in [0.3, 0.4) is 0 Å². The molecule has 5 rings (SSSR count). The number of nitrogens with zero attached hydrogens (tertiary/aromatic N) is 2. The monoisotopic (exact) mass is 777 g/mol. The number of halogens is 6. The van der Waals surface area contributed by atoms with Crippen LogP contribution in [0.4, 0.5) is 26.3 Å². The molecule has 1 saturated heterocycles. The van der Waals surface area contributed by atoms with Crippen LogP contribution in [0.2, 0.25) is 0 Å². The van der Waals surface area contributed by atoms with Gasteiger partial charge in [-0.05, 0) is 123 Å². The van der Waals surface area contributed by atoms with E-state index in [-0.39, 0.29) is 53.9 Å². The zero-order chi connectivity index (χ0) is 40.4. The van der Waals surface area contributed by atoms with E-state index in [4.69, 9.17) is 9.47 Å². The summed E-state index contributed by atoms with van der Waals surface area (Å²) in [6.07, 6.45) is -3.08. The zero-order valence-electron chi connectivity index (χ0n) is 32.0. The number of rotatable bonds is 16. The van der Waals surface area contributed by atoms with Gasteiger partial charge < -0.3 is 24.3 Å². The summed E-state index contributed by atoms with van der Waals surface area (Å²) >= 11 is 0. The Morgan fingerprint density at radius 3 is 2.25 bits per heavy atom. The third-order valence-corrected chi connectivity index (χ3v) is 10.5. The van der Waals surface area contributed by atoms with Crippen LogP contribution in [-0.4, -0.2) is 61.3 Å². The van der Waals surface area contributed by atoms with Crippen LogP contribution in [0.15, 0.2) is 35.3 Å². The van der Waals surface area contributed by atoms with Gasteiger partial charge in [0.25, 0.3) is 5.56 Å². The highest BCUT2D eigenvalue weighted by atomic mass is 19.4. The highest BCUT2D eigenvalue weighted by molar-refractivity contribution is 5.82. The fraction of sp³-hybridized carbons (Fsp3) is 0.537. The number of methoxy groups -OCH3 is 1. The van der Waals surface area contributed by atoms with E-state index < -0.39 is 70.7 Å². The molecule has 1 saturated carbocycles. The van der Waals surface area contributed by atoms with E-state index in [1.165, 1.54) is 25.3 Å². The molecule has 4 atom stereocenters. The largest absolute Gasteiger partial charge is 0.466 e. The van der Waals surface area contributed by atoms with Crippen LogP contribution in [-0.2, 0) is 31.7 Å². The van der Waals surface area contributed by atoms with Crippen molar-refractivity contribution in [2.24, 2.45) is 11.8 Å². The number of pyridine rings is 1. The molecule has 55 heavy (non-hydrogen) atoms. The van der Waals surface area contributed by atoms with Gasteiger partial charge in [0.05, 0.1) is 24.6 Å². The SMILES string of the molecule is CCOC(=O)C[C@H](NC(=O)C(CC(C)C)n1cc(CCN2CCC2)c(C(F)(F)F)cc1=O)c1c(F)c(-c2c(C)cc(F)cc2C)cc(C2CC2COC)c1F. The van der Waals surface area contributed by atoms with Crippen molar-refractivity contribution >= 4 is 11.9 Å². The first-order chi connectivity index (χ1) is 25.9. The Morgan fingerprint density at radius 1 is 1.02 bits per heavy atom. The topological polar surface area (TPSA) is 89.9 Å². The quantitative estimate of drug-likeness (QED) is 0.117. The average Bonchev–Trinajstić information content (AvgIpc) is 3.82. The number of amides is 1. The molecule has 14 heteroatoms. The molecule has 1 aliphatic heterocycles. The van der Waals surface area contributed by atoms with Crippen molar-refractivity contribution in [3.63, 3.8) is 0 Å². The highest BCUT2D eigenvalue weighted by Gasteiger charge is 2.43. The van der Waals surface area contributed by atoms with Crippen molar-refractivity contribution in [2.75, 3.05) is 40.0 Å². The Labute approximate surface area is 317 Å². The molecule has 2 heterocycles. The lowest BCUT2D eigenvalue weighted by molar-refractivity contribution is -0.144. The Hall–Kier alpha value is -4.17. The fourth-order valence-electron chi connectivity index (χ4n) is 7.65. The number of ether oxygens (including phenoxy) is 2. The summed E-state index contributed by atoms with van der Waals surface area (Å²) in [4.78, 5) is 42.9. The molecule has 0 bridgehead atoms. The van der Waals surface area contributed by atoms with Gasteiger partial charge in [0.2, 0.25) is 5.91 Å². The summed E-state index contributed by atoms with van der Waals surface area (Å²) < 4.78 is 102. The first kappa shape index (κ1) is 42.0. The summed E-state index contributed by atoms with van der Waals surface area (Å²) in [6.45, 7) is 10.3. The number of carbonyl (C=O) groups excluding carboxylic acids is 2. The molecule has 0 spiro atoms. The van der Waals surface area contributed by atoms with Crippen molar-refractivity contribution < 1.29 is 45.4 Å². The number of alkyl halides is 3. The maximum atomic E-state index is 17.1. The van der Waals surface area contributed by atoms with E-state index in [0.717, 1.165) is 30.3 Å². The van der Waals surface area contributed by atoms with Crippen LogP contribution in [0.25, 0.3) is 11.1 Å². The molecule has 1 aromatic heterocycles. The minimum absolute atomic E-state index is 0.0280. The first-order valence-corrected chi connectivity index (χ1v) is 18.7. The molecule has 300 valence electrons. The van der Waals surface area contributed by atoms with Crippen molar-refractivity contribution in [3.05, 3.63) is 91.6 Å². The predicted octanol–water partition coefficient (Wildman–Crippen LogP) is 7.96. The number of esters is 1. The van der Waals surface area contributed by atoms with Gasteiger partial charge >= 0.3 is 12.1 Å². The maximum Gasteiger partial charge on any atom is 0.416 e. The molecule has 2 fully saturated rings. The number of aryl methyl sites for hydroxylation is 2. The van der Waals surface area contributed by atoms with Crippen molar-refractivity contribution in [1.82, 2.24) is 14.8 Å². The predicted molar refractivity (Wildman–Crippen MR) is 195 cm³/mol. The van der Waals surface area contributed by atoms with Crippen LogP contribution in [0.1, 0.15) is 97.8 Å². The molecule has 1 amide bonds. The second-order valence-corrected chi connectivity index (χ2v) is 15.1. The zero-order valence-corrected chi connectivity index (χ0v) is 32.0. The van der Waals surface area contributed by atoms with Crippen LogP contribution < -0.4 is 10.9 Å². The van der Waals surface area contributed by atoms with Crippen LogP contribution >= 0.6 is 0 Å². The van der Waals surface area contributed by atoms with Crippen LogP contribution in [0.5, 0.6) is 0 Å². The third kappa shape index (κ3) is 9.62. The van der Waals surface area contributed by atoms with Gasteiger partial charge in [0.15, 0.2) is 0 Å². The van der Waals surface area contributed by atoms with E-state index in [1.807, 2.05) is 4.90 Å². The van der Waals surface area contributed by atoms with Crippen molar-refractivity contribution in [2.45, 2.75) is 90.9 Å². The fourth-order valence-corrected chi connectivity index (χ4v) is 7.65. The standard InChI is InChI=1S/C41H49F6N3O5/c1-7-55-35(52)19-32(37-38(43)29(28-16-26(28)21-54-6)17-30(39(37)44)36-23(4)14-27(42)15-24(36)5)48-40(53)33(13-22(2)3)50-20-25(9-12-49-10-8-11-49)31(18-34(50)51)41(45,46)47/h14-15,17-18,20,22,26,28,32-33H,7-13,16,19,21H2,1-6H3,(H,48,53)/t26?,28?,32-,33?/m0/s1. The molecule has 2 aromatic carbocycles. The van der Waals surface area contributed by atoms with E-state index >= 15 is 8.78 Å². The molecular weight excluding hydrogens is 728 g/mol. The second kappa shape index (κ2) is 17.3. The minimum Gasteiger partial charge on any atom is -0.466 e. The van der Waals surface area contributed by atoms with Crippen molar-refractivity contribution in [1.29, 1.82) is 0 Å². The van der Waals surface area contributed by atoms with E-state index in [0.29, 0.717) is 42.3 Å². The summed E-state index contributed by atoms with van der Waals surface area (Å²) in [5.74, 6) is -5.16. The van der Waals surface area contributed by atoms with Gasteiger partial charge in [-0.25, -0.2) is 13.2 Å². The molecule has 2 aliphatic rings. The highest BCUT2D eigenvalue weighted by Crippen LogP contribution is 2.51. The Morgan fingerprint density at radius 2 is 1.69 bits per heavy atom. The van der Waals surface area contributed by atoms with Gasteiger partial charge in [-0.3, -0.25) is 14.4 Å². The second-order valence-electron chi connectivity index (χ2n) is 15.1. The van der Waals surface area contributed by atoms with Gasteiger partial charge in [-0.2, -0.15) is 13.2 Å². The number of hydrogen-bond donors (Lipinski definition) is 1. The van der Waals surface area contributed by atoms with Gasteiger partial charge in [0, 0.05) is 43.7 Å². The molecule has 3 unspecified atom stereocenters. The molecule has 0 radical (unpaired) electrons. The summed E-state index contributed by atoms with van der Waals surface area (Å²) in [5.41, 5.74) is -1.84. The average molecular weight is 778 g/mol. The smallest absolute Gasteiger partial charge is 0.416 e. The minimum atomic E-state index is -4.83. The lowest BCUT2D eigenvalue weighted by atomic mass is 9.88. The lowest BCUT2D eigenvalue weighted by Crippen LogP contribution is -2.41. The maximum absolute atomic E-state index is 17.1. The number of carbonyl (C=O) groups is 2. The third-order valence-electron chi connectivity index (χ3n) is 10.5. The number of benzene rings is 2. The Bertz CT molecular complexity index is 1930. The molecule has 3 aromatic rings.